The molecule has 0 aromatic carbocycles. The van der Waals surface area contributed by atoms with Crippen molar-refractivity contribution in [3.05, 3.63) is 34.2 Å². The largest absolute Gasteiger partial charge is 0.329 e. The highest BCUT2D eigenvalue weighted by Gasteiger charge is 2.14. The Morgan fingerprint density at radius 3 is 2.50 bits per heavy atom. The molecule has 0 spiro atoms. The van der Waals surface area contributed by atoms with Crippen LogP contribution in [-0.4, -0.2) is 18.1 Å². The molecule has 0 radical (unpaired) electrons. The molecule has 2 N–H and O–H groups in total. The van der Waals surface area contributed by atoms with Crippen molar-refractivity contribution in [1.29, 1.82) is 0 Å². The molecule has 1 aromatic rings. The summed E-state index contributed by atoms with van der Waals surface area (Å²) in [6, 6.07) is 3.55. The van der Waals surface area contributed by atoms with E-state index in [1.165, 1.54) is 18.4 Å². The van der Waals surface area contributed by atoms with E-state index in [0.717, 1.165) is 13.1 Å². The van der Waals surface area contributed by atoms with Crippen LogP contribution >= 0.6 is 12.4 Å². The van der Waals surface area contributed by atoms with Crippen LogP contribution in [0.2, 0.25) is 0 Å². The molecule has 0 atom stereocenters. The van der Waals surface area contributed by atoms with Crippen LogP contribution in [0.25, 0.3) is 0 Å². The fourth-order valence-electron chi connectivity index (χ4n) is 1.83. The molecular weight excluding hydrogens is 200 g/mol. The fraction of sp³-hybridized carbons (Fsp3) is 0.500. The van der Waals surface area contributed by atoms with E-state index in [0.29, 0.717) is 5.92 Å². The number of hydrogen-bond acceptors (Lipinski definition) is 2. The maximum Gasteiger partial charge on any atom is 0.247 e. The molecule has 2 rings (SSSR count). The van der Waals surface area contributed by atoms with Crippen molar-refractivity contribution < 1.29 is 0 Å². The number of pyridine rings is 1. The van der Waals surface area contributed by atoms with Crippen molar-refractivity contribution in [2.45, 2.75) is 18.8 Å². The van der Waals surface area contributed by atoms with Crippen LogP contribution in [0.1, 0.15) is 24.3 Å². The summed E-state index contributed by atoms with van der Waals surface area (Å²) >= 11 is 0. The predicted molar refractivity (Wildman–Crippen MR) is 59.2 cm³/mol. The molecule has 0 unspecified atom stereocenters. The Kier molecular flexibility index (Phi) is 4.17. The second-order valence-corrected chi connectivity index (χ2v) is 3.51. The van der Waals surface area contributed by atoms with Gasteiger partial charge < -0.3 is 10.3 Å². The molecule has 0 aliphatic carbocycles. The van der Waals surface area contributed by atoms with E-state index in [2.05, 4.69) is 10.3 Å². The Hall–Kier alpha value is -0.800. The number of nitrogens with one attached hydrogen (secondary N) is 2. The van der Waals surface area contributed by atoms with E-state index in [-0.39, 0.29) is 18.0 Å². The smallest absolute Gasteiger partial charge is 0.247 e. The molecule has 1 aromatic heterocycles. The number of halogens is 1. The van der Waals surface area contributed by atoms with Gasteiger partial charge in [0.2, 0.25) is 5.56 Å². The zero-order valence-corrected chi connectivity index (χ0v) is 8.77. The molecule has 1 aliphatic rings. The lowest BCUT2D eigenvalue weighted by Gasteiger charge is -2.22. The van der Waals surface area contributed by atoms with Crippen molar-refractivity contribution in [2.75, 3.05) is 13.1 Å². The van der Waals surface area contributed by atoms with Gasteiger partial charge in [-0.2, -0.15) is 0 Å². The Morgan fingerprint density at radius 1 is 1.21 bits per heavy atom. The van der Waals surface area contributed by atoms with Gasteiger partial charge in [0.1, 0.15) is 0 Å². The molecule has 0 amide bonds. The molecule has 1 aliphatic heterocycles. The van der Waals surface area contributed by atoms with Crippen LogP contribution in [0, 0.1) is 0 Å². The Bertz CT molecular complexity index is 311. The average Bonchev–Trinajstić information content (AvgIpc) is 2.20. The molecule has 1 saturated heterocycles. The van der Waals surface area contributed by atoms with Crippen molar-refractivity contribution in [3.63, 3.8) is 0 Å². The molecule has 2 heterocycles. The zero-order chi connectivity index (χ0) is 9.10. The number of rotatable bonds is 1. The van der Waals surface area contributed by atoms with E-state index in [1.54, 1.807) is 6.07 Å². The molecular formula is C10H15ClN2O. The van der Waals surface area contributed by atoms with Crippen molar-refractivity contribution >= 4 is 12.4 Å². The maximum atomic E-state index is 10.8. The van der Waals surface area contributed by atoms with Gasteiger partial charge in [-0.15, -0.1) is 12.4 Å². The average molecular weight is 215 g/mol. The zero-order valence-electron chi connectivity index (χ0n) is 7.95. The van der Waals surface area contributed by atoms with Gasteiger partial charge in [0.25, 0.3) is 0 Å². The number of aromatic amines is 1. The first-order chi connectivity index (χ1) is 6.36. The number of H-pyrrole nitrogens is 1. The first-order valence-corrected chi connectivity index (χ1v) is 4.75. The molecule has 14 heavy (non-hydrogen) atoms. The summed E-state index contributed by atoms with van der Waals surface area (Å²) in [5.41, 5.74) is 1.25. The minimum Gasteiger partial charge on any atom is -0.329 e. The first kappa shape index (κ1) is 11.3. The quantitative estimate of drug-likeness (QED) is 0.740. The molecule has 3 nitrogen and oxygen atoms in total. The van der Waals surface area contributed by atoms with Gasteiger partial charge in [0.15, 0.2) is 0 Å². The molecule has 0 bridgehead atoms. The van der Waals surface area contributed by atoms with Gasteiger partial charge in [0, 0.05) is 12.3 Å². The second-order valence-electron chi connectivity index (χ2n) is 3.51. The second kappa shape index (κ2) is 5.17. The summed E-state index contributed by atoms with van der Waals surface area (Å²) in [6.45, 7) is 2.17. The van der Waals surface area contributed by atoms with E-state index in [4.69, 9.17) is 0 Å². The highest BCUT2D eigenvalue weighted by atomic mass is 35.5. The van der Waals surface area contributed by atoms with Gasteiger partial charge in [-0.05, 0) is 37.4 Å². The fourth-order valence-corrected chi connectivity index (χ4v) is 1.83. The monoisotopic (exact) mass is 214 g/mol. The summed E-state index contributed by atoms with van der Waals surface area (Å²) < 4.78 is 0. The minimum atomic E-state index is -0.0160. The first-order valence-electron chi connectivity index (χ1n) is 4.75. The van der Waals surface area contributed by atoms with Crippen molar-refractivity contribution in [3.8, 4) is 0 Å². The standard InChI is InChI=1S/C10H14N2O.ClH/c13-10-2-1-9(7-12-10)8-3-5-11-6-4-8;/h1-2,7-8,11H,3-6H2,(H,12,13);1H. The van der Waals surface area contributed by atoms with Crippen LogP contribution in [0.4, 0.5) is 0 Å². The van der Waals surface area contributed by atoms with Crippen LogP contribution < -0.4 is 10.9 Å². The van der Waals surface area contributed by atoms with Crippen LogP contribution in [0.3, 0.4) is 0 Å². The van der Waals surface area contributed by atoms with E-state index in [1.807, 2.05) is 12.3 Å². The summed E-state index contributed by atoms with van der Waals surface area (Å²) in [5, 5.41) is 3.32. The Labute approximate surface area is 89.3 Å². The lowest BCUT2D eigenvalue weighted by Crippen LogP contribution is -2.26. The highest BCUT2D eigenvalue weighted by molar-refractivity contribution is 5.85. The van der Waals surface area contributed by atoms with Gasteiger partial charge >= 0.3 is 0 Å². The minimum absolute atomic E-state index is 0. The number of hydrogen-bond donors (Lipinski definition) is 2. The predicted octanol–water partition coefficient (Wildman–Crippen LogP) is 1.26. The lowest BCUT2D eigenvalue weighted by atomic mass is 9.91. The third-order valence-electron chi connectivity index (χ3n) is 2.62. The normalized spacial score (nSPS) is 17.4. The topological polar surface area (TPSA) is 44.9 Å². The van der Waals surface area contributed by atoms with Gasteiger partial charge in [-0.1, -0.05) is 6.07 Å². The number of piperidine rings is 1. The SMILES string of the molecule is Cl.O=c1ccc(C2CCNCC2)c[nH]1. The molecule has 1 fully saturated rings. The van der Waals surface area contributed by atoms with Gasteiger partial charge in [-0.3, -0.25) is 4.79 Å². The maximum absolute atomic E-state index is 10.8. The Balaban J connectivity index is 0.000000980. The van der Waals surface area contributed by atoms with Crippen molar-refractivity contribution in [1.82, 2.24) is 10.3 Å². The van der Waals surface area contributed by atoms with E-state index >= 15 is 0 Å². The van der Waals surface area contributed by atoms with Crippen LogP contribution in [0.15, 0.2) is 23.1 Å². The molecule has 0 saturated carbocycles. The molecule has 4 heteroatoms. The van der Waals surface area contributed by atoms with Gasteiger partial charge in [-0.25, -0.2) is 0 Å². The molecule has 78 valence electrons. The van der Waals surface area contributed by atoms with Gasteiger partial charge in [0.05, 0.1) is 0 Å². The third kappa shape index (κ3) is 2.59. The Morgan fingerprint density at radius 2 is 1.93 bits per heavy atom. The summed E-state index contributed by atoms with van der Waals surface area (Å²) in [7, 11) is 0. The highest BCUT2D eigenvalue weighted by Crippen LogP contribution is 2.23. The van der Waals surface area contributed by atoms with Crippen molar-refractivity contribution in [2.24, 2.45) is 0 Å². The lowest BCUT2D eigenvalue weighted by molar-refractivity contribution is 0.459. The number of aromatic nitrogens is 1. The van der Waals surface area contributed by atoms with Crippen LogP contribution in [0.5, 0.6) is 0 Å². The summed E-state index contributed by atoms with van der Waals surface area (Å²) in [6.07, 6.45) is 4.19. The third-order valence-corrected chi connectivity index (χ3v) is 2.62. The summed E-state index contributed by atoms with van der Waals surface area (Å²) in [5.74, 6) is 0.623. The summed E-state index contributed by atoms with van der Waals surface area (Å²) in [4.78, 5) is 13.6. The van der Waals surface area contributed by atoms with E-state index < -0.39 is 0 Å². The van der Waals surface area contributed by atoms with E-state index in [9.17, 15) is 4.79 Å². The van der Waals surface area contributed by atoms with Crippen LogP contribution in [-0.2, 0) is 0 Å².